The van der Waals surface area contributed by atoms with E-state index in [4.69, 9.17) is 10.5 Å². The second-order valence-electron chi connectivity index (χ2n) is 7.29. The van der Waals surface area contributed by atoms with Crippen LogP contribution in [-0.4, -0.2) is 7.11 Å². The van der Waals surface area contributed by atoms with Crippen molar-refractivity contribution in [3.8, 4) is 16.9 Å². The molecule has 3 heteroatoms. The van der Waals surface area contributed by atoms with Crippen molar-refractivity contribution in [2.24, 2.45) is 0 Å². The molecule has 0 amide bonds. The average Bonchev–Trinajstić information content (AvgIpc) is 2.80. The molecule has 0 aromatic heterocycles. The molecule has 0 bridgehead atoms. The van der Waals surface area contributed by atoms with Crippen molar-refractivity contribution in [1.82, 2.24) is 0 Å². The first-order chi connectivity index (χ1) is 14.8. The topological polar surface area (TPSA) is 47.3 Å². The molecule has 3 nitrogen and oxygen atoms in total. The second kappa shape index (κ2) is 7.45. The first-order valence-corrected chi connectivity index (χ1v) is 9.95. The summed E-state index contributed by atoms with van der Waals surface area (Å²) in [4.78, 5) is 0. The van der Waals surface area contributed by atoms with E-state index in [2.05, 4.69) is 72.0 Å². The van der Waals surface area contributed by atoms with Crippen LogP contribution in [0.3, 0.4) is 0 Å². The van der Waals surface area contributed by atoms with Crippen LogP contribution in [0.2, 0.25) is 0 Å². The number of benzene rings is 5. The second-order valence-corrected chi connectivity index (χ2v) is 7.29. The molecule has 146 valence electrons. The molecule has 0 fully saturated rings. The fraction of sp³-hybridized carbons (Fsp3) is 0.0370. The number of methoxy groups -OCH3 is 1. The van der Waals surface area contributed by atoms with Crippen LogP contribution in [0.25, 0.3) is 32.7 Å². The van der Waals surface area contributed by atoms with E-state index >= 15 is 0 Å². The molecule has 0 radical (unpaired) electrons. The molecule has 30 heavy (non-hydrogen) atoms. The summed E-state index contributed by atoms with van der Waals surface area (Å²) in [6.45, 7) is 0. The molecule has 3 N–H and O–H groups in total. The van der Waals surface area contributed by atoms with Gasteiger partial charge in [-0.15, -0.1) is 0 Å². The van der Waals surface area contributed by atoms with Gasteiger partial charge in [-0.3, -0.25) is 0 Å². The van der Waals surface area contributed by atoms with Crippen LogP contribution in [-0.2, 0) is 0 Å². The van der Waals surface area contributed by atoms with Gasteiger partial charge in [0, 0.05) is 22.5 Å². The van der Waals surface area contributed by atoms with Crippen LogP contribution in [0, 0.1) is 0 Å². The minimum atomic E-state index is 0.758. The number of fused-ring (bicyclic) bond motifs is 2. The van der Waals surface area contributed by atoms with Gasteiger partial charge in [-0.25, -0.2) is 0 Å². The van der Waals surface area contributed by atoms with Crippen LogP contribution in [0.5, 0.6) is 5.75 Å². The Kier molecular flexibility index (Phi) is 4.49. The van der Waals surface area contributed by atoms with Crippen LogP contribution in [0.1, 0.15) is 0 Å². The van der Waals surface area contributed by atoms with E-state index < -0.39 is 0 Å². The zero-order chi connectivity index (χ0) is 20.5. The van der Waals surface area contributed by atoms with Crippen LogP contribution in [0.4, 0.5) is 17.1 Å². The first-order valence-electron chi connectivity index (χ1n) is 9.95. The lowest BCUT2D eigenvalue weighted by atomic mass is 9.91. The number of hydrogen-bond acceptors (Lipinski definition) is 3. The number of hydrogen-bond donors (Lipinski definition) is 2. The van der Waals surface area contributed by atoms with Crippen LogP contribution in [0.15, 0.2) is 97.1 Å². The lowest BCUT2D eigenvalue weighted by Gasteiger charge is -2.19. The standard InChI is InChI=1S/C27H22N2O/c1-30-25-13-7-6-12-23(25)29-24-17-15-19-9-3-5-11-21(19)27(24)26-20-10-4-2-8-18(20)14-16-22(26)28/h2-17,29H,28H2,1H3. The van der Waals surface area contributed by atoms with E-state index in [0.717, 1.165) is 50.1 Å². The molecule has 0 unspecified atom stereocenters. The number of rotatable bonds is 4. The fourth-order valence-electron chi connectivity index (χ4n) is 4.11. The highest BCUT2D eigenvalue weighted by Crippen LogP contribution is 2.44. The van der Waals surface area contributed by atoms with Gasteiger partial charge in [0.1, 0.15) is 5.75 Å². The van der Waals surface area contributed by atoms with E-state index in [1.165, 1.54) is 5.39 Å². The zero-order valence-corrected chi connectivity index (χ0v) is 16.7. The molecule has 0 aliphatic heterocycles. The number of nitrogens with one attached hydrogen (secondary N) is 1. The lowest BCUT2D eigenvalue weighted by molar-refractivity contribution is 0.417. The predicted octanol–water partition coefficient (Wildman–Crippen LogP) is 6.99. The summed E-state index contributed by atoms with van der Waals surface area (Å²) in [6.07, 6.45) is 0. The lowest BCUT2D eigenvalue weighted by Crippen LogP contribution is -1.99. The summed E-state index contributed by atoms with van der Waals surface area (Å²) in [5.74, 6) is 0.794. The van der Waals surface area contributed by atoms with Gasteiger partial charge in [-0.2, -0.15) is 0 Å². The molecule has 0 spiro atoms. The SMILES string of the molecule is COc1ccccc1Nc1ccc2ccccc2c1-c1c(N)ccc2ccccc12. The van der Waals surface area contributed by atoms with Crippen molar-refractivity contribution in [3.05, 3.63) is 97.1 Å². The van der Waals surface area contributed by atoms with Crippen molar-refractivity contribution < 1.29 is 4.74 Å². The molecular formula is C27H22N2O. The highest BCUT2D eigenvalue weighted by Gasteiger charge is 2.16. The number of para-hydroxylation sites is 2. The summed E-state index contributed by atoms with van der Waals surface area (Å²) in [7, 11) is 1.69. The van der Waals surface area contributed by atoms with Crippen LogP contribution < -0.4 is 15.8 Å². The Hall–Kier alpha value is -3.98. The zero-order valence-electron chi connectivity index (χ0n) is 16.7. The van der Waals surface area contributed by atoms with Crippen molar-refractivity contribution >= 4 is 38.6 Å². The molecule has 0 aliphatic rings. The molecule has 0 heterocycles. The van der Waals surface area contributed by atoms with Gasteiger partial charge in [-0.05, 0) is 45.8 Å². The van der Waals surface area contributed by atoms with E-state index in [1.807, 2.05) is 30.3 Å². The Balaban J connectivity index is 1.83. The smallest absolute Gasteiger partial charge is 0.142 e. The normalized spacial score (nSPS) is 11.0. The van der Waals surface area contributed by atoms with Gasteiger partial charge in [-0.1, -0.05) is 72.8 Å². The fourth-order valence-corrected chi connectivity index (χ4v) is 4.11. The van der Waals surface area contributed by atoms with Gasteiger partial charge in [0.2, 0.25) is 0 Å². The summed E-state index contributed by atoms with van der Waals surface area (Å²) >= 11 is 0. The Morgan fingerprint density at radius 1 is 0.600 bits per heavy atom. The molecule has 0 aliphatic carbocycles. The predicted molar refractivity (Wildman–Crippen MR) is 128 cm³/mol. The summed E-state index contributed by atoms with van der Waals surface area (Å²) < 4.78 is 5.56. The minimum absolute atomic E-state index is 0.758. The molecule has 5 aromatic rings. The number of ether oxygens (including phenoxy) is 1. The maximum Gasteiger partial charge on any atom is 0.142 e. The minimum Gasteiger partial charge on any atom is -0.495 e. The summed E-state index contributed by atoms with van der Waals surface area (Å²) in [6, 6.07) is 33.0. The van der Waals surface area contributed by atoms with Gasteiger partial charge in [0.25, 0.3) is 0 Å². The van der Waals surface area contributed by atoms with E-state index in [9.17, 15) is 0 Å². The Morgan fingerprint density at radius 3 is 1.93 bits per heavy atom. The van der Waals surface area contributed by atoms with Crippen molar-refractivity contribution in [2.45, 2.75) is 0 Å². The highest BCUT2D eigenvalue weighted by atomic mass is 16.5. The monoisotopic (exact) mass is 390 g/mol. The van der Waals surface area contributed by atoms with E-state index in [-0.39, 0.29) is 0 Å². The third-order valence-corrected chi connectivity index (χ3v) is 5.52. The largest absolute Gasteiger partial charge is 0.495 e. The van der Waals surface area contributed by atoms with Gasteiger partial charge in [0.05, 0.1) is 12.8 Å². The highest BCUT2D eigenvalue weighted by molar-refractivity contribution is 6.13. The Bertz CT molecular complexity index is 1370. The molecule has 5 rings (SSSR count). The van der Waals surface area contributed by atoms with E-state index in [0.29, 0.717) is 0 Å². The molecule has 0 saturated heterocycles. The maximum atomic E-state index is 6.58. The maximum absolute atomic E-state index is 6.58. The van der Waals surface area contributed by atoms with Crippen molar-refractivity contribution in [3.63, 3.8) is 0 Å². The Labute approximate surface area is 175 Å². The third-order valence-electron chi connectivity index (χ3n) is 5.52. The van der Waals surface area contributed by atoms with Gasteiger partial charge < -0.3 is 15.8 Å². The number of nitrogen functional groups attached to an aromatic ring is 1. The third kappa shape index (κ3) is 3.01. The quantitative estimate of drug-likeness (QED) is 0.325. The van der Waals surface area contributed by atoms with Crippen LogP contribution >= 0.6 is 0 Å². The van der Waals surface area contributed by atoms with Crippen molar-refractivity contribution in [1.29, 1.82) is 0 Å². The molecule has 5 aromatic carbocycles. The molecule has 0 saturated carbocycles. The average molecular weight is 390 g/mol. The molecular weight excluding hydrogens is 368 g/mol. The van der Waals surface area contributed by atoms with Crippen molar-refractivity contribution in [2.75, 3.05) is 18.2 Å². The summed E-state index contributed by atoms with van der Waals surface area (Å²) in [5, 5.41) is 8.22. The first kappa shape index (κ1) is 18.1. The number of nitrogens with two attached hydrogens (primary N) is 1. The Morgan fingerprint density at radius 2 is 1.20 bits per heavy atom. The van der Waals surface area contributed by atoms with Gasteiger partial charge in [0.15, 0.2) is 0 Å². The van der Waals surface area contributed by atoms with E-state index in [1.54, 1.807) is 7.11 Å². The summed E-state index contributed by atoms with van der Waals surface area (Å²) in [5.41, 5.74) is 11.4. The molecule has 0 atom stereocenters. The number of anilines is 3. The van der Waals surface area contributed by atoms with Gasteiger partial charge >= 0.3 is 0 Å².